The molecule has 0 aliphatic carbocycles. The summed E-state index contributed by atoms with van der Waals surface area (Å²) in [6, 6.07) is 10.5. The number of allylic oxidation sites excluding steroid dienone is 2. The van der Waals surface area contributed by atoms with Crippen LogP contribution in [0.2, 0.25) is 0 Å². The average Bonchev–Trinajstić information content (AvgIpc) is 2.73. The summed E-state index contributed by atoms with van der Waals surface area (Å²) in [5, 5.41) is 16.4. The van der Waals surface area contributed by atoms with Crippen molar-refractivity contribution < 1.29 is 47.9 Å². The second-order valence-corrected chi connectivity index (χ2v) is 24.8. The maximum absolute atomic E-state index is 14.5. The molecule has 0 spiro atoms. The Morgan fingerprint density at radius 2 is 1.18 bits per heavy atom. The minimum Gasteiger partial charge on any atom is -0.357 e. The van der Waals surface area contributed by atoms with Gasteiger partial charge in [-0.15, -0.1) is 5.73 Å². The first-order valence-corrected chi connectivity index (χ1v) is 31.6. The van der Waals surface area contributed by atoms with Crippen LogP contribution in [-0.4, -0.2) is 162 Å². The molecule has 3 rings (SSSR count). The highest BCUT2D eigenvalue weighted by atomic mass is 16.2. The molecule has 88 heavy (non-hydrogen) atoms. The number of likely N-dealkylation sites (N-methyl/N-ethyl adjacent to an activating group) is 4. The van der Waals surface area contributed by atoms with Crippen molar-refractivity contribution in [1.29, 1.82) is 0 Å². The SMILES string of the molecule is C/C=C\C(=C=CCCCC(=O)N[C@@H](C)C(=O)N(C)[C@H](C(=O)N(C)[C@@H](CC(C)C)C(=O)NC)[C@@H](C)CC)C[C@H](NC(=O)NC(=O)[C@H](Cc1ccccc1)NC(=O)[C@H](C(C)C)N(C)C(=O)[C@H](CC(C)C)NC(=O)[C@@H](C)Cc1ccccc1)C(=O)N1CCCCC1. The molecule has 0 bridgehead atoms. The molecule has 1 aliphatic heterocycles. The van der Waals surface area contributed by atoms with Crippen LogP contribution in [-0.2, 0) is 56.0 Å². The van der Waals surface area contributed by atoms with Crippen molar-refractivity contribution in [2.75, 3.05) is 41.3 Å². The molecule has 1 saturated heterocycles. The lowest BCUT2D eigenvalue weighted by Crippen LogP contribution is -2.60. The highest BCUT2D eigenvalue weighted by Crippen LogP contribution is 2.22. The van der Waals surface area contributed by atoms with Crippen LogP contribution in [0.15, 0.2) is 90.2 Å². The number of amides is 11. The van der Waals surface area contributed by atoms with Gasteiger partial charge in [0.1, 0.15) is 42.3 Å². The summed E-state index contributed by atoms with van der Waals surface area (Å²) in [7, 11) is 6.15. The summed E-state index contributed by atoms with van der Waals surface area (Å²) in [4.78, 5) is 145. The monoisotopic (exact) mass is 1220 g/mol. The Kier molecular flexibility index (Phi) is 32.2. The molecule has 6 N–H and O–H groups in total. The van der Waals surface area contributed by atoms with Crippen molar-refractivity contribution in [1.82, 2.24) is 51.5 Å². The molecule has 1 aliphatic rings. The average molecular weight is 1220 g/mol. The van der Waals surface area contributed by atoms with E-state index in [1.54, 1.807) is 96.1 Å². The first-order valence-electron chi connectivity index (χ1n) is 31.6. The zero-order chi connectivity index (χ0) is 65.8. The maximum atomic E-state index is 14.5. The third kappa shape index (κ3) is 24.2. The summed E-state index contributed by atoms with van der Waals surface area (Å²) in [6.45, 7) is 21.3. The number of likely N-dealkylation sites (tertiary alicyclic amines) is 1. The number of imide groups is 1. The number of carbonyl (C=O) groups is 10. The van der Waals surface area contributed by atoms with Gasteiger partial charge in [-0.25, -0.2) is 4.79 Å². The van der Waals surface area contributed by atoms with Gasteiger partial charge in [-0.3, -0.25) is 48.5 Å². The Morgan fingerprint density at radius 3 is 1.73 bits per heavy atom. The third-order valence-corrected chi connectivity index (χ3v) is 16.1. The number of nitrogens with zero attached hydrogens (tertiary/aromatic N) is 4. The Morgan fingerprint density at radius 1 is 0.614 bits per heavy atom. The lowest BCUT2D eigenvalue weighted by Gasteiger charge is -2.38. The molecule has 1 heterocycles. The quantitative estimate of drug-likeness (QED) is 0.0242. The van der Waals surface area contributed by atoms with E-state index in [0.29, 0.717) is 62.8 Å². The second-order valence-electron chi connectivity index (χ2n) is 24.8. The first-order chi connectivity index (χ1) is 41.6. The topological polar surface area (TPSA) is 256 Å². The van der Waals surface area contributed by atoms with E-state index in [2.05, 4.69) is 37.6 Å². The molecule has 0 unspecified atom stereocenters. The van der Waals surface area contributed by atoms with Crippen LogP contribution in [0, 0.1) is 29.6 Å². The van der Waals surface area contributed by atoms with Crippen LogP contribution in [0.4, 0.5) is 4.79 Å². The molecule has 0 saturated carbocycles. The van der Waals surface area contributed by atoms with E-state index in [9.17, 15) is 47.9 Å². The van der Waals surface area contributed by atoms with Crippen LogP contribution in [0.25, 0.3) is 0 Å². The number of benzene rings is 2. The molecular weight excluding hydrogens is 1120 g/mol. The molecule has 2 aromatic rings. The van der Waals surface area contributed by atoms with E-state index < -0.39 is 83.8 Å². The third-order valence-electron chi connectivity index (χ3n) is 16.1. The Hall–Kier alpha value is -7.60. The summed E-state index contributed by atoms with van der Waals surface area (Å²) in [5.41, 5.74) is 5.46. The van der Waals surface area contributed by atoms with Crippen LogP contribution in [0.1, 0.15) is 151 Å². The van der Waals surface area contributed by atoms with Gasteiger partial charge in [0.25, 0.3) is 5.91 Å². The second kappa shape index (κ2) is 38.0. The van der Waals surface area contributed by atoms with E-state index in [1.807, 2.05) is 77.9 Å². The van der Waals surface area contributed by atoms with Gasteiger partial charge >= 0.3 is 6.03 Å². The smallest absolute Gasteiger partial charge is 0.322 e. The number of carbonyl (C=O) groups excluding carboxylic acids is 10. The van der Waals surface area contributed by atoms with Crippen LogP contribution in [0.5, 0.6) is 0 Å². The fourth-order valence-corrected chi connectivity index (χ4v) is 11.0. The van der Waals surface area contributed by atoms with Crippen LogP contribution in [0.3, 0.4) is 0 Å². The van der Waals surface area contributed by atoms with Gasteiger partial charge in [0, 0.05) is 66.5 Å². The molecule has 20 heteroatoms. The molecule has 2 aromatic carbocycles. The van der Waals surface area contributed by atoms with Crippen LogP contribution < -0.4 is 31.9 Å². The van der Waals surface area contributed by atoms with Gasteiger partial charge in [-0.2, -0.15) is 0 Å². The molecule has 0 radical (unpaired) electrons. The van der Waals surface area contributed by atoms with E-state index in [-0.39, 0.29) is 66.6 Å². The summed E-state index contributed by atoms with van der Waals surface area (Å²) in [5.74, 6) is -5.09. The molecule has 0 aromatic heterocycles. The fraction of sp³-hybridized carbons (Fsp3) is 0.603. The van der Waals surface area contributed by atoms with Crippen molar-refractivity contribution in [3.8, 4) is 0 Å². The highest BCUT2D eigenvalue weighted by molar-refractivity contribution is 6.01. The summed E-state index contributed by atoms with van der Waals surface area (Å²) >= 11 is 0. The minimum absolute atomic E-state index is 0.00363. The Bertz CT molecular complexity index is 2720. The standard InChI is InChI=1S/C68H104N10O10/c1-16-30-50(31-26-20-27-36-57(79)70-49(11)64(84)77(15)59(47(9)17-2)67(87)75(13)56(40-45(5)6)62(82)69-12)43-55(66(86)78-37-28-21-29-38-78)73-68(88)74-61(81)53(42-52-34-24-19-25-35-52)71-63(83)58(46(7)8)76(14)65(85)54(39-44(3)4)72-60(80)48(10)41-51-32-22-18-23-33-51/h16,18-19,22-26,30,32-35,44-49,53-56,58-59H,17,20-21,27-29,36-43H2,1-15H3,(H,69,82)(H,70,79)(H,71,83)(H,72,80)(H2,73,74,81,88)/b30-16-/t31?,47-,48-,49-,53-,54-,55-,56-,58-,59-/m0/s1. The van der Waals surface area contributed by atoms with Crippen molar-refractivity contribution in [2.45, 2.75) is 196 Å². The fourth-order valence-electron chi connectivity index (χ4n) is 11.0. The van der Waals surface area contributed by atoms with Crippen molar-refractivity contribution in [3.63, 3.8) is 0 Å². The predicted molar refractivity (Wildman–Crippen MR) is 344 cm³/mol. The normalized spacial score (nSPS) is 15.4. The molecule has 9 atom stereocenters. The number of hydrogen-bond donors (Lipinski definition) is 6. The number of unbranched alkanes of at least 4 members (excludes halogenated alkanes) is 1. The lowest BCUT2D eigenvalue weighted by atomic mass is 9.94. The minimum atomic E-state index is -1.31. The summed E-state index contributed by atoms with van der Waals surface area (Å²) in [6.07, 6.45) is 10.4. The molecule has 486 valence electrons. The predicted octanol–water partition coefficient (Wildman–Crippen LogP) is 7.03. The van der Waals surface area contributed by atoms with Gasteiger partial charge in [0.05, 0.1) is 0 Å². The van der Waals surface area contributed by atoms with Crippen LogP contribution >= 0.6 is 0 Å². The van der Waals surface area contributed by atoms with Crippen molar-refractivity contribution in [3.05, 3.63) is 101 Å². The van der Waals surface area contributed by atoms with Gasteiger partial charge in [-0.1, -0.05) is 142 Å². The lowest BCUT2D eigenvalue weighted by molar-refractivity contribution is -0.150. The van der Waals surface area contributed by atoms with Gasteiger partial charge in [-0.05, 0) is 112 Å². The summed E-state index contributed by atoms with van der Waals surface area (Å²) < 4.78 is 0. The Balaban J connectivity index is 1.80. The first kappa shape index (κ1) is 74.7. The molecule has 1 fully saturated rings. The van der Waals surface area contributed by atoms with E-state index in [0.717, 1.165) is 24.8 Å². The number of rotatable bonds is 33. The van der Waals surface area contributed by atoms with Gasteiger partial charge < -0.3 is 46.2 Å². The zero-order valence-corrected chi connectivity index (χ0v) is 55.2. The van der Waals surface area contributed by atoms with E-state index in [1.165, 1.54) is 28.8 Å². The van der Waals surface area contributed by atoms with Crippen molar-refractivity contribution >= 4 is 59.2 Å². The van der Waals surface area contributed by atoms with Gasteiger partial charge in [0.15, 0.2) is 0 Å². The zero-order valence-electron chi connectivity index (χ0n) is 55.2. The molecule has 20 nitrogen and oxygen atoms in total. The number of nitrogens with one attached hydrogen (secondary N) is 6. The molecular formula is C68H104N10O10. The number of urea groups is 1. The highest BCUT2D eigenvalue weighted by Gasteiger charge is 2.40. The molecule has 11 amide bonds. The number of hydrogen-bond acceptors (Lipinski definition) is 10. The number of piperidine rings is 1. The van der Waals surface area contributed by atoms with E-state index >= 15 is 0 Å². The van der Waals surface area contributed by atoms with Gasteiger partial charge in [0.2, 0.25) is 47.3 Å². The largest absolute Gasteiger partial charge is 0.357 e. The van der Waals surface area contributed by atoms with E-state index in [4.69, 9.17) is 0 Å². The maximum Gasteiger partial charge on any atom is 0.322 e. The van der Waals surface area contributed by atoms with Crippen molar-refractivity contribution in [2.24, 2.45) is 29.6 Å². The Labute approximate surface area is 524 Å².